The molecule has 0 aromatic heterocycles. The summed E-state index contributed by atoms with van der Waals surface area (Å²) in [5.41, 5.74) is -1.18. The van der Waals surface area contributed by atoms with Crippen LogP contribution in [0.2, 0.25) is 0 Å². The fourth-order valence-electron chi connectivity index (χ4n) is 8.83. The van der Waals surface area contributed by atoms with E-state index in [2.05, 4.69) is 39.2 Å². The molecule has 10 heteroatoms. The molecule has 7 atom stereocenters. The lowest BCUT2D eigenvalue weighted by molar-refractivity contribution is -0.156. The summed E-state index contributed by atoms with van der Waals surface area (Å²) >= 11 is 0. The van der Waals surface area contributed by atoms with Crippen LogP contribution in [0.25, 0.3) is 0 Å². The molecule has 4 rings (SSSR count). The first kappa shape index (κ1) is 39.3. The summed E-state index contributed by atoms with van der Waals surface area (Å²) in [6.07, 6.45) is 5.56. The van der Waals surface area contributed by atoms with Gasteiger partial charge in [-0.05, 0) is 62.8 Å². The van der Waals surface area contributed by atoms with Crippen LogP contribution in [-0.4, -0.2) is 87.7 Å². The van der Waals surface area contributed by atoms with E-state index < -0.39 is 53.2 Å². The Balaban J connectivity index is 1.73. The Labute approximate surface area is 298 Å². The number of carbonyl (C=O) groups excluding carboxylic acids is 4. The summed E-state index contributed by atoms with van der Waals surface area (Å²) in [4.78, 5) is 60.1. The van der Waals surface area contributed by atoms with Crippen molar-refractivity contribution in [2.45, 2.75) is 122 Å². The number of benzene rings is 1. The Bertz CT molecular complexity index is 1400. The summed E-state index contributed by atoms with van der Waals surface area (Å²) < 4.78 is 12.3. The molecule has 3 aliphatic heterocycles. The van der Waals surface area contributed by atoms with Crippen molar-refractivity contribution in [3.8, 4) is 0 Å². The average Bonchev–Trinajstić information content (AvgIpc) is 3.69. The number of allylic oxidation sites excluding steroid dienone is 1. The first-order valence-electron chi connectivity index (χ1n) is 18.2. The van der Waals surface area contributed by atoms with Gasteiger partial charge < -0.3 is 29.7 Å². The number of amides is 3. The Kier molecular flexibility index (Phi) is 12.4. The molecule has 1 aromatic rings. The van der Waals surface area contributed by atoms with Crippen LogP contribution in [0.15, 0.2) is 55.6 Å². The maximum absolute atomic E-state index is 15.1. The standard InChI is InChI=1S/C40H59N3O7/c1-10-12-18-31(45)49-24-29(27-16-14-13-15-17-27)41-35(46)32-30-19-20-40(50-30)33(32)36(47)43(28(23-44)22-26(3)4)34(40)37(48)42(21-11-2)39(8,9)25-38(5,6)7/h10-11,13-17,26,28-30,32-34,44H,1-2,12,18-25H2,3-9H3,(H,41,46)/t28-,29-,30+,32-,33-,34+,40-/m1/s1. The van der Waals surface area contributed by atoms with Gasteiger partial charge in [0.15, 0.2) is 0 Å². The van der Waals surface area contributed by atoms with Crippen molar-refractivity contribution in [1.29, 1.82) is 0 Å². The van der Waals surface area contributed by atoms with E-state index in [1.807, 2.05) is 58.0 Å². The molecule has 3 fully saturated rings. The van der Waals surface area contributed by atoms with Crippen molar-refractivity contribution in [3.05, 3.63) is 61.2 Å². The van der Waals surface area contributed by atoms with Crippen molar-refractivity contribution >= 4 is 23.7 Å². The van der Waals surface area contributed by atoms with Crippen LogP contribution in [0, 0.1) is 23.2 Å². The molecule has 2 bridgehead atoms. The zero-order valence-corrected chi connectivity index (χ0v) is 31.2. The van der Waals surface area contributed by atoms with Gasteiger partial charge in [0.1, 0.15) is 18.2 Å². The van der Waals surface area contributed by atoms with E-state index in [4.69, 9.17) is 9.47 Å². The highest BCUT2D eigenvalue weighted by Gasteiger charge is 2.75. The number of likely N-dealkylation sites (tertiary alicyclic amines) is 1. The minimum Gasteiger partial charge on any atom is -0.463 e. The average molecular weight is 694 g/mol. The van der Waals surface area contributed by atoms with E-state index in [9.17, 15) is 19.5 Å². The van der Waals surface area contributed by atoms with Gasteiger partial charge in [-0.15, -0.1) is 13.2 Å². The number of hydrogen-bond acceptors (Lipinski definition) is 7. The number of nitrogens with zero attached hydrogens (tertiary/aromatic N) is 2. The number of hydrogen-bond donors (Lipinski definition) is 2. The van der Waals surface area contributed by atoms with Crippen LogP contribution < -0.4 is 5.32 Å². The molecular formula is C40H59N3O7. The van der Waals surface area contributed by atoms with Gasteiger partial charge in [0.2, 0.25) is 17.7 Å². The first-order valence-corrected chi connectivity index (χ1v) is 18.2. The Morgan fingerprint density at radius 1 is 1.14 bits per heavy atom. The van der Waals surface area contributed by atoms with Crippen molar-refractivity contribution in [2.75, 3.05) is 19.8 Å². The first-order chi connectivity index (χ1) is 23.5. The number of rotatable bonds is 17. The quantitative estimate of drug-likeness (QED) is 0.166. The lowest BCUT2D eigenvalue weighted by Crippen LogP contribution is -2.62. The highest BCUT2D eigenvalue weighted by molar-refractivity contribution is 5.99. The van der Waals surface area contributed by atoms with Gasteiger partial charge in [-0.3, -0.25) is 19.2 Å². The molecule has 50 heavy (non-hydrogen) atoms. The topological polar surface area (TPSA) is 125 Å². The summed E-state index contributed by atoms with van der Waals surface area (Å²) in [7, 11) is 0. The highest BCUT2D eigenvalue weighted by atomic mass is 16.5. The maximum Gasteiger partial charge on any atom is 0.306 e. The molecule has 3 aliphatic rings. The summed E-state index contributed by atoms with van der Waals surface area (Å²) in [5.74, 6) is -3.04. The zero-order valence-electron chi connectivity index (χ0n) is 31.2. The van der Waals surface area contributed by atoms with Gasteiger partial charge in [0, 0.05) is 18.5 Å². The minimum absolute atomic E-state index is 0.0820. The smallest absolute Gasteiger partial charge is 0.306 e. The van der Waals surface area contributed by atoms with Gasteiger partial charge in [0.05, 0.1) is 36.6 Å². The van der Waals surface area contributed by atoms with E-state index in [0.29, 0.717) is 32.1 Å². The molecule has 0 unspecified atom stereocenters. The van der Waals surface area contributed by atoms with Crippen LogP contribution in [-0.2, 0) is 28.7 Å². The lowest BCUT2D eigenvalue weighted by Gasteiger charge is -2.46. The lowest BCUT2D eigenvalue weighted by atomic mass is 9.70. The Morgan fingerprint density at radius 3 is 2.40 bits per heavy atom. The predicted octanol–water partition coefficient (Wildman–Crippen LogP) is 5.36. The molecule has 3 amide bonds. The SMILES string of the molecule is C=CCCC(=O)OC[C@@H](NC(=O)[C@@H]1[C@@H]2CC[C@]3(O2)[C@H](C(=O)N(CC=C)C(C)(C)CC(C)(C)C)N([C@@H](CO)CC(C)C)C(=O)[C@@H]13)c1ccccc1. The normalized spacial score (nSPS) is 25.6. The molecule has 2 N–H and O–H groups in total. The number of nitrogens with one attached hydrogen (secondary N) is 1. The van der Waals surface area contributed by atoms with E-state index in [1.54, 1.807) is 22.0 Å². The fraction of sp³-hybridized carbons (Fsp3) is 0.650. The maximum atomic E-state index is 15.1. The largest absolute Gasteiger partial charge is 0.463 e. The van der Waals surface area contributed by atoms with Gasteiger partial charge in [-0.1, -0.05) is 77.1 Å². The number of ether oxygens (including phenoxy) is 2. The van der Waals surface area contributed by atoms with Crippen LogP contribution >= 0.6 is 0 Å². The highest BCUT2D eigenvalue weighted by Crippen LogP contribution is 2.59. The zero-order chi connectivity index (χ0) is 37.0. The fourth-order valence-corrected chi connectivity index (χ4v) is 8.83. The molecule has 0 saturated carbocycles. The third-order valence-corrected chi connectivity index (χ3v) is 10.4. The number of aliphatic hydroxyl groups is 1. The molecule has 3 saturated heterocycles. The Hall–Kier alpha value is -3.50. The second-order valence-electron chi connectivity index (χ2n) is 16.5. The summed E-state index contributed by atoms with van der Waals surface area (Å²) in [5, 5.41) is 13.8. The molecule has 3 heterocycles. The van der Waals surface area contributed by atoms with Gasteiger partial charge >= 0.3 is 5.97 Å². The molecule has 0 aliphatic carbocycles. The number of esters is 1. The third-order valence-electron chi connectivity index (χ3n) is 10.4. The molecule has 10 nitrogen and oxygen atoms in total. The van der Waals surface area contributed by atoms with Crippen LogP contribution in [0.4, 0.5) is 0 Å². The van der Waals surface area contributed by atoms with Gasteiger partial charge in [-0.25, -0.2) is 0 Å². The van der Waals surface area contributed by atoms with Crippen molar-refractivity contribution < 1.29 is 33.8 Å². The van der Waals surface area contributed by atoms with Crippen LogP contribution in [0.1, 0.15) is 98.6 Å². The molecule has 1 spiro atoms. The Morgan fingerprint density at radius 2 is 1.82 bits per heavy atom. The van der Waals surface area contributed by atoms with Crippen molar-refractivity contribution in [3.63, 3.8) is 0 Å². The number of fused-ring (bicyclic) bond motifs is 1. The second kappa shape index (κ2) is 15.8. The molecule has 0 radical (unpaired) electrons. The summed E-state index contributed by atoms with van der Waals surface area (Å²) in [6, 6.07) is 6.94. The van der Waals surface area contributed by atoms with E-state index in [1.165, 1.54) is 0 Å². The monoisotopic (exact) mass is 693 g/mol. The van der Waals surface area contributed by atoms with E-state index >= 15 is 4.79 Å². The van der Waals surface area contributed by atoms with Gasteiger partial charge in [0.25, 0.3) is 0 Å². The number of carbonyl (C=O) groups is 4. The van der Waals surface area contributed by atoms with E-state index in [0.717, 1.165) is 5.56 Å². The third kappa shape index (κ3) is 8.17. The number of aliphatic hydroxyl groups excluding tert-OH is 1. The van der Waals surface area contributed by atoms with Crippen molar-refractivity contribution in [1.82, 2.24) is 15.1 Å². The van der Waals surface area contributed by atoms with Crippen molar-refractivity contribution in [2.24, 2.45) is 23.2 Å². The minimum atomic E-state index is -1.23. The molecule has 276 valence electrons. The second-order valence-corrected chi connectivity index (χ2v) is 16.5. The van der Waals surface area contributed by atoms with Crippen LogP contribution in [0.3, 0.4) is 0 Å². The van der Waals surface area contributed by atoms with Crippen LogP contribution in [0.5, 0.6) is 0 Å². The van der Waals surface area contributed by atoms with Gasteiger partial charge in [-0.2, -0.15) is 0 Å². The molecule has 1 aromatic carbocycles. The van der Waals surface area contributed by atoms with E-state index in [-0.39, 0.29) is 55.2 Å². The predicted molar refractivity (Wildman–Crippen MR) is 193 cm³/mol. The summed E-state index contributed by atoms with van der Waals surface area (Å²) in [6.45, 7) is 22.0. The molecular weight excluding hydrogens is 634 g/mol.